The smallest absolute Gasteiger partial charge is 0.275 e. The van der Waals surface area contributed by atoms with Crippen molar-refractivity contribution >= 4 is 22.6 Å². The molecule has 0 saturated carbocycles. The molecule has 19 heavy (non-hydrogen) atoms. The molecule has 0 aliphatic carbocycles. The highest BCUT2D eigenvalue weighted by Crippen LogP contribution is 2.34. The van der Waals surface area contributed by atoms with Crippen LogP contribution >= 0.6 is 0 Å². The van der Waals surface area contributed by atoms with E-state index in [4.69, 9.17) is 20.5 Å². The fraction of sp³-hybridized carbons (Fsp3) is 0.308. The van der Waals surface area contributed by atoms with Gasteiger partial charge < -0.3 is 18.9 Å². The summed E-state index contributed by atoms with van der Waals surface area (Å²) in [4.78, 5) is 6.67. The van der Waals surface area contributed by atoms with E-state index in [-0.39, 0.29) is 5.90 Å². The van der Waals surface area contributed by atoms with Gasteiger partial charge in [0.2, 0.25) is 5.76 Å². The molecule has 0 spiro atoms. The molecule has 1 aliphatic rings. The van der Waals surface area contributed by atoms with Gasteiger partial charge in [0.1, 0.15) is 5.58 Å². The largest absolute Gasteiger partial charge is 0.449 e. The van der Waals surface area contributed by atoms with E-state index in [0.29, 0.717) is 19.0 Å². The number of nitrogens with one attached hydrogen (secondary N) is 1. The summed E-state index contributed by atoms with van der Waals surface area (Å²) < 4.78 is 11.0. The number of nitrogens with zero attached hydrogens (tertiary/aromatic N) is 1. The Hall–Kier alpha value is -2.05. The van der Waals surface area contributed by atoms with Gasteiger partial charge in [0.05, 0.1) is 18.9 Å². The van der Waals surface area contributed by atoms with Crippen molar-refractivity contribution in [2.75, 3.05) is 31.2 Å². The first-order valence-electron chi connectivity index (χ1n) is 6.11. The molecule has 2 heterocycles. The molecule has 0 radical (unpaired) electrons. The zero-order valence-corrected chi connectivity index (χ0v) is 10.4. The number of morpholine rings is 1. The van der Waals surface area contributed by atoms with Gasteiger partial charge in [-0.2, -0.15) is 5.90 Å². The Balaban J connectivity index is 2.15. The van der Waals surface area contributed by atoms with Gasteiger partial charge >= 0.3 is 0 Å². The average Bonchev–Trinajstić information content (AvgIpc) is 2.86. The summed E-state index contributed by atoms with van der Waals surface area (Å²) in [5, 5.41) is 8.73. The van der Waals surface area contributed by atoms with Crippen LogP contribution in [0, 0.1) is 5.41 Å². The lowest BCUT2D eigenvalue weighted by molar-refractivity contribution is 0.122. The summed E-state index contributed by atoms with van der Waals surface area (Å²) in [5.74, 6) is 5.29. The molecule has 1 saturated heterocycles. The zero-order chi connectivity index (χ0) is 13.2. The Bertz CT molecular complexity index is 602. The van der Waals surface area contributed by atoms with Gasteiger partial charge in [-0.05, 0) is 12.1 Å². The molecule has 100 valence electrons. The third kappa shape index (κ3) is 2.05. The molecular formula is C13H15N3O3. The summed E-state index contributed by atoms with van der Waals surface area (Å²) in [5.41, 5.74) is 1.58. The van der Waals surface area contributed by atoms with Crippen molar-refractivity contribution in [3.05, 3.63) is 30.0 Å². The van der Waals surface area contributed by atoms with Crippen LogP contribution in [0.25, 0.3) is 11.0 Å². The first-order valence-corrected chi connectivity index (χ1v) is 6.11. The fourth-order valence-electron chi connectivity index (χ4n) is 2.34. The van der Waals surface area contributed by atoms with Crippen LogP contribution in [0.1, 0.15) is 5.76 Å². The molecule has 6 nitrogen and oxygen atoms in total. The number of hydrogen-bond acceptors (Lipinski definition) is 6. The zero-order valence-electron chi connectivity index (χ0n) is 10.4. The number of ether oxygens (including phenoxy) is 1. The first-order chi connectivity index (χ1) is 9.31. The molecule has 3 N–H and O–H groups in total. The second-order valence-electron chi connectivity index (χ2n) is 4.32. The second kappa shape index (κ2) is 4.91. The topological polar surface area (TPSA) is 84.7 Å². The number of rotatable bonds is 2. The van der Waals surface area contributed by atoms with Gasteiger partial charge in [-0.3, -0.25) is 5.41 Å². The van der Waals surface area contributed by atoms with E-state index in [9.17, 15) is 0 Å². The van der Waals surface area contributed by atoms with Crippen LogP contribution in [0.3, 0.4) is 0 Å². The lowest BCUT2D eigenvalue weighted by Crippen LogP contribution is -2.37. The van der Waals surface area contributed by atoms with Crippen molar-refractivity contribution in [1.82, 2.24) is 0 Å². The number of benzene rings is 1. The molecule has 0 atom stereocenters. The minimum absolute atomic E-state index is 0.169. The van der Waals surface area contributed by atoms with E-state index in [1.807, 2.05) is 24.3 Å². The summed E-state index contributed by atoms with van der Waals surface area (Å²) in [6.07, 6.45) is 0. The van der Waals surface area contributed by atoms with Gasteiger partial charge in [-0.1, -0.05) is 12.1 Å². The molecule has 1 fully saturated rings. The Morgan fingerprint density at radius 3 is 2.74 bits per heavy atom. The predicted molar refractivity (Wildman–Crippen MR) is 71.3 cm³/mol. The Morgan fingerprint density at radius 1 is 1.26 bits per heavy atom. The molecule has 1 aromatic heterocycles. The number of para-hydroxylation sites is 1. The van der Waals surface area contributed by atoms with Crippen LogP contribution in [-0.2, 0) is 9.57 Å². The minimum atomic E-state index is -0.169. The van der Waals surface area contributed by atoms with Crippen LogP contribution in [0.5, 0.6) is 0 Å². The molecule has 3 rings (SSSR count). The quantitative estimate of drug-likeness (QED) is 0.486. The third-order valence-corrected chi connectivity index (χ3v) is 3.22. The van der Waals surface area contributed by atoms with E-state index in [1.54, 1.807) is 0 Å². The predicted octanol–water partition coefficient (Wildman–Crippen LogP) is 1.49. The van der Waals surface area contributed by atoms with E-state index in [0.717, 1.165) is 29.7 Å². The number of fused-ring (bicyclic) bond motifs is 1. The molecule has 2 aromatic rings. The van der Waals surface area contributed by atoms with E-state index in [2.05, 4.69) is 9.74 Å². The van der Waals surface area contributed by atoms with Crippen LogP contribution < -0.4 is 10.8 Å². The van der Waals surface area contributed by atoms with E-state index >= 15 is 0 Å². The van der Waals surface area contributed by atoms with Crippen molar-refractivity contribution in [2.24, 2.45) is 5.90 Å². The molecule has 0 amide bonds. The minimum Gasteiger partial charge on any atom is -0.449 e. The molecule has 1 aliphatic heterocycles. The maximum absolute atomic E-state index is 7.77. The monoisotopic (exact) mass is 261 g/mol. The van der Waals surface area contributed by atoms with Crippen LogP contribution in [0.2, 0.25) is 0 Å². The van der Waals surface area contributed by atoms with Crippen molar-refractivity contribution < 1.29 is 14.0 Å². The molecular weight excluding hydrogens is 246 g/mol. The number of nitrogens with two attached hydrogens (primary N) is 1. The Kier molecular flexibility index (Phi) is 3.10. The van der Waals surface area contributed by atoms with Gasteiger partial charge in [-0.25, -0.2) is 0 Å². The number of furan rings is 1. The standard InChI is InChI=1S/C13H15N3O3/c14-13(19-15)12-11(16-5-7-17-8-6-16)9-3-1-2-4-10(9)18-12/h1-4,14H,5-8,15H2. The van der Waals surface area contributed by atoms with Crippen molar-refractivity contribution in [3.63, 3.8) is 0 Å². The molecule has 0 bridgehead atoms. The Morgan fingerprint density at radius 2 is 2.00 bits per heavy atom. The highest BCUT2D eigenvalue weighted by Gasteiger charge is 2.25. The van der Waals surface area contributed by atoms with Gasteiger partial charge in [0.25, 0.3) is 5.90 Å². The van der Waals surface area contributed by atoms with Gasteiger partial charge in [-0.15, -0.1) is 0 Å². The third-order valence-electron chi connectivity index (χ3n) is 3.22. The van der Waals surface area contributed by atoms with Crippen LogP contribution in [0.4, 0.5) is 5.69 Å². The van der Waals surface area contributed by atoms with Gasteiger partial charge in [0, 0.05) is 18.5 Å². The molecule has 0 unspecified atom stereocenters. The molecule has 6 heteroatoms. The lowest BCUT2D eigenvalue weighted by atomic mass is 10.2. The van der Waals surface area contributed by atoms with Crippen molar-refractivity contribution in [3.8, 4) is 0 Å². The maximum Gasteiger partial charge on any atom is 0.275 e. The second-order valence-corrected chi connectivity index (χ2v) is 4.32. The summed E-state index contributed by atoms with van der Waals surface area (Å²) in [7, 11) is 0. The van der Waals surface area contributed by atoms with Crippen LogP contribution in [0.15, 0.2) is 28.7 Å². The number of hydrogen-bond donors (Lipinski definition) is 2. The summed E-state index contributed by atoms with van der Waals surface area (Å²) in [6.45, 7) is 2.84. The van der Waals surface area contributed by atoms with Gasteiger partial charge in [0.15, 0.2) is 0 Å². The lowest BCUT2D eigenvalue weighted by Gasteiger charge is -2.28. The van der Waals surface area contributed by atoms with Crippen LogP contribution in [-0.4, -0.2) is 32.2 Å². The summed E-state index contributed by atoms with van der Waals surface area (Å²) in [6, 6.07) is 7.67. The maximum atomic E-state index is 7.77. The first kappa shape index (κ1) is 12.0. The van der Waals surface area contributed by atoms with E-state index < -0.39 is 0 Å². The fourth-order valence-corrected chi connectivity index (χ4v) is 2.34. The Labute approximate surface area is 110 Å². The van der Waals surface area contributed by atoms with E-state index in [1.165, 1.54) is 0 Å². The molecule has 1 aromatic carbocycles. The average molecular weight is 261 g/mol. The highest BCUT2D eigenvalue weighted by molar-refractivity contribution is 6.05. The SMILES string of the molecule is N=C(ON)c1oc2ccccc2c1N1CCOCC1. The van der Waals surface area contributed by atoms with Crippen molar-refractivity contribution in [1.29, 1.82) is 5.41 Å². The highest BCUT2D eigenvalue weighted by atomic mass is 16.6. The normalized spacial score (nSPS) is 15.7. The van der Waals surface area contributed by atoms with Crippen molar-refractivity contribution in [2.45, 2.75) is 0 Å². The summed E-state index contributed by atoms with van der Waals surface area (Å²) >= 11 is 0. The number of anilines is 1.